The van der Waals surface area contributed by atoms with Gasteiger partial charge < -0.3 is 15.9 Å². The van der Waals surface area contributed by atoms with Crippen LogP contribution in [0.25, 0.3) is 0 Å². The first-order valence-electron chi connectivity index (χ1n) is 4.54. The van der Waals surface area contributed by atoms with Crippen LogP contribution in [0.15, 0.2) is 0 Å². The minimum atomic E-state index is -1.04. The number of hydrogen-bond acceptors (Lipinski definition) is 3. The second-order valence-corrected chi connectivity index (χ2v) is 3.78. The standard InChI is InChI=1S/C9H17NO4/c1-5(4-7(11)12)3-6(2)8(10)9(13)14/h5-6,8H,3-4,10H2,1-2H3,(H,11,12)(H,13,14). The maximum absolute atomic E-state index is 10.5. The van der Waals surface area contributed by atoms with E-state index in [-0.39, 0.29) is 18.3 Å². The third-order valence-corrected chi connectivity index (χ3v) is 2.20. The van der Waals surface area contributed by atoms with Gasteiger partial charge in [0, 0.05) is 6.42 Å². The van der Waals surface area contributed by atoms with Crippen molar-refractivity contribution < 1.29 is 19.8 Å². The summed E-state index contributed by atoms with van der Waals surface area (Å²) in [6.45, 7) is 3.50. The van der Waals surface area contributed by atoms with Crippen LogP contribution in [-0.4, -0.2) is 28.2 Å². The topological polar surface area (TPSA) is 101 Å². The van der Waals surface area contributed by atoms with Crippen LogP contribution in [0.4, 0.5) is 0 Å². The quantitative estimate of drug-likeness (QED) is 0.584. The van der Waals surface area contributed by atoms with E-state index in [0.29, 0.717) is 6.42 Å². The molecule has 0 rings (SSSR count). The maximum atomic E-state index is 10.5. The molecule has 5 heteroatoms. The van der Waals surface area contributed by atoms with Crippen LogP contribution in [0.5, 0.6) is 0 Å². The van der Waals surface area contributed by atoms with Crippen LogP contribution < -0.4 is 5.73 Å². The molecule has 5 nitrogen and oxygen atoms in total. The summed E-state index contributed by atoms with van der Waals surface area (Å²) in [5, 5.41) is 17.1. The van der Waals surface area contributed by atoms with Crippen LogP contribution in [0.3, 0.4) is 0 Å². The van der Waals surface area contributed by atoms with Crippen LogP contribution in [0, 0.1) is 11.8 Å². The minimum absolute atomic E-state index is 0.0482. The first-order valence-corrected chi connectivity index (χ1v) is 4.54. The normalized spacial score (nSPS) is 17.1. The van der Waals surface area contributed by atoms with Crippen molar-refractivity contribution in [1.29, 1.82) is 0 Å². The fourth-order valence-corrected chi connectivity index (χ4v) is 1.41. The van der Waals surface area contributed by atoms with Gasteiger partial charge in [0.2, 0.25) is 0 Å². The number of nitrogens with two attached hydrogens (primary N) is 1. The molecule has 0 aromatic heterocycles. The third-order valence-electron chi connectivity index (χ3n) is 2.20. The van der Waals surface area contributed by atoms with Gasteiger partial charge in [-0.1, -0.05) is 13.8 Å². The van der Waals surface area contributed by atoms with E-state index in [9.17, 15) is 9.59 Å². The molecule has 0 heterocycles. The number of hydrogen-bond donors (Lipinski definition) is 3. The van der Waals surface area contributed by atoms with Gasteiger partial charge in [-0.15, -0.1) is 0 Å². The van der Waals surface area contributed by atoms with E-state index < -0.39 is 18.0 Å². The van der Waals surface area contributed by atoms with Gasteiger partial charge in [-0.3, -0.25) is 9.59 Å². The highest BCUT2D eigenvalue weighted by Gasteiger charge is 2.22. The molecule has 0 amide bonds. The zero-order valence-electron chi connectivity index (χ0n) is 8.43. The average molecular weight is 203 g/mol. The Morgan fingerprint density at radius 2 is 1.79 bits per heavy atom. The summed E-state index contributed by atoms with van der Waals surface area (Å²) < 4.78 is 0. The summed E-state index contributed by atoms with van der Waals surface area (Å²) >= 11 is 0. The Morgan fingerprint density at radius 1 is 1.29 bits per heavy atom. The Labute approximate surface area is 82.9 Å². The Hall–Kier alpha value is -1.10. The molecule has 14 heavy (non-hydrogen) atoms. The molecule has 0 saturated heterocycles. The highest BCUT2D eigenvalue weighted by Crippen LogP contribution is 2.17. The van der Waals surface area contributed by atoms with Crippen molar-refractivity contribution in [2.45, 2.75) is 32.7 Å². The summed E-state index contributed by atoms with van der Waals surface area (Å²) in [5.41, 5.74) is 5.39. The molecule has 0 spiro atoms. The average Bonchev–Trinajstić information content (AvgIpc) is 2.00. The molecule has 0 aliphatic carbocycles. The van der Waals surface area contributed by atoms with E-state index in [4.69, 9.17) is 15.9 Å². The Morgan fingerprint density at radius 3 is 2.14 bits per heavy atom. The molecule has 0 aromatic carbocycles. The van der Waals surface area contributed by atoms with Crippen molar-refractivity contribution in [2.24, 2.45) is 17.6 Å². The van der Waals surface area contributed by atoms with Crippen molar-refractivity contribution in [2.75, 3.05) is 0 Å². The molecule has 0 aliphatic heterocycles. The monoisotopic (exact) mass is 203 g/mol. The Bertz CT molecular complexity index is 217. The second-order valence-electron chi connectivity index (χ2n) is 3.78. The number of carboxylic acid groups (broad SMARTS) is 2. The number of carboxylic acids is 2. The van der Waals surface area contributed by atoms with Crippen molar-refractivity contribution in [3.05, 3.63) is 0 Å². The molecule has 0 aromatic rings. The summed E-state index contributed by atoms with van der Waals surface area (Å²) in [6, 6.07) is -0.911. The summed E-state index contributed by atoms with van der Waals surface area (Å²) in [4.78, 5) is 20.9. The fraction of sp³-hybridized carbons (Fsp3) is 0.778. The van der Waals surface area contributed by atoms with E-state index in [1.165, 1.54) is 0 Å². The lowest BCUT2D eigenvalue weighted by Gasteiger charge is -2.18. The zero-order valence-corrected chi connectivity index (χ0v) is 8.43. The minimum Gasteiger partial charge on any atom is -0.481 e. The number of rotatable bonds is 6. The summed E-state index contributed by atoms with van der Waals surface area (Å²) in [6.07, 6.45) is 0.566. The third kappa shape index (κ3) is 4.81. The lowest BCUT2D eigenvalue weighted by Crippen LogP contribution is -2.37. The van der Waals surface area contributed by atoms with Gasteiger partial charge in [-0.2, -0.15) is 0 Å². The van der Waals surface area contributed by atoms with Crippen LogP contribution in [0.2, 0.25) is 0 Å². The molecule has 3 atom stereocenters. The van der Waals surface area contributed by atoms with Crippen molar-refractivity contribution in [3.63, 3.8) is 0 Å². The Kier molecular flexibility index (Phi) is 5.15. The molecule has 4 N–H and O–H groups in total. The van der Waals surface area contributed by atoms with Crippen LogP contribution >= 0.6 is 0 Å². The molecule has 0 aliphatic rings. The maximum Gasteiger partial charge on any atom is 0.320 e. The van der Waals surface area contributed by atoms with Gasteiger partial charge >= 0.3 is 11.9 Å². The van der Waals surface area contributed by atoms with Crippen LogP contribution in [0.1, 0.15) is 26.7 Å². The summed E-state index contributed by atoms with van der Waals surface area (Å²) in [7, 11) is 0. The molecular weight excluding hydrogens is 186 g/mol. The van der Waals surface area contributed by atoms with E-state index >= 15 is 0 Å². The Balaban J connectivity index is 3.98. The van der Waals surface area contributed by atoms with Gasteiger partial charge in [0.1, 0.15) is 6.04 Å². The molecule has 0 radical (unpaired) electrons. The van der Waals surface area contributed by atoms with Gasteiger partial charge in [0.15, 0.2) is 0 Å². The molecular formula is C9H17NO4. The van der Waals surface area contributed by atoms with Crippen molar-refractivity contribution in [1.82, 2.24) is 0 Å². The fourth-order valence-electron chi connectivity index (χ4n) is 1.41. The highest BCUT2D eigenvalue weighted by atomic mass is 16.4. The first-order chi connectivity index (χ1) is 6.34. The summed E-state index contributed by atoms with van der Waals surface area (Å²) in [5.74, 6) is -2.16. The lowest BCUT2D eigenvalue weighted by molar-refractivity contribution is -0.139. The van der Waals surface area contributed by atoms with Crippen LogP contribution in [-0.2, 0) is 9.59 Å². The molecule has 0 fully saturated rings. The lowest BCUT2D eigenvalue weighted by atomic mass is 9.90. The van der Waals surface area contributed by atoms with E-state index in [1.54, 1.807) is 13.8 Å². The van der Waals surface area contributed by atoms with Gasteiger partial charge in [0.05, 0.1) is 0 Å². The highest BCUT2D eigenvalue weighted by molar-refractivity contribution is 5.73. The van der Waals surface area contributed by atoms with Gasteiger partial charge in [0.25, 0.3) is 0 Å². The van der Waals surface area contributed by atoms with E-state index in [0.717, 1.165) is 0 Å². The van der Waals surface area contributed by atoms with E-state index in [2.05, 4.69) is 0 Å². The smallest absolute Gasteiger partial charge is 0.320 e. The van der Waals surface area contributed by atoms with Crippen molar-refractivity contribution in [3.8, 4) is 0 Å². The zero-order chi connectivity index (χ0) is 11.3. The number of aliphatic carboxylic acids is 2. The molecule has 0 saturated carbocycles. The van der Waals surface area contributed by atoms with Gasteiger partial charge in [-0.05, 0) is 18.3 Å². The molecule has 0 bridgehead atoms. The van der Waals surface area contributed by atoms with Crippen molar-refractivity contribution >= 4 is 11.9 Å². The largest absolute Gasteiger partial charge is 0.481 e. The number of carbonyl (C=O) groups is 2. The predicted molar refractivity (Wildman–Crippen MR) is 50.8 cm³/mol. The van der Waals surface area contributed by atoms with Gasteiger partial charge in [-0.25, -0.2) is 0 Å². The van der Waals surface area contributed by atoms with E-state index in [1.807, 2.05) is 0 Å². The SMILES string of the molecule is CC(CC(=O)O)CC(C)C(N)C(=O)O. The second kappa shape index (κ2) is 5.59. The first kappa shape index (κ1) is 12.9. The predicted octanol–water partition coefficient (Wildman–Crippen LogP) is 0.535. The molecule has 82 valence electrons. The molecule has 3 unspecified atom stereocenters.